The van der Waals surface area contributed by atoms with Crippen LogP contribution in [0.4, 0.5) is 21.6 Å². The molecule has 4 rings (SSSR count). The molecule has 30 heavy (non-hydrogen) atoms. The van der Waals surface area contributed by atoms with Gasteiger partial charge in [-0.3, -0.25) is 9.59 Å². The molecule has 1 fully saturated rings. The number of nitrogens with zero attached hydrogens (tertiary/aromatic N) is 2. The molecule has 2 amide bonds. The van der Waals surface area contributed by atoms with Gasteiger partial charge in [-0.15, -0.1) is 0 Å². The summed E-state index contributed by atoms with van der Waals surface area (Å²) in [5.74, 6) is -0.179. The van der Waals surface area contributed by atoms with Gasteiger partial charge in [-0.25, -0.2) is 9.37 Å². The Labute approximate surface area is 173 Å². The second kappa shape index (κ2) is 8.73. The summed E-state index contributed by atoms with van der Waals surface area (Å²) in [7, 11) is 0. The number of hydrogen-bond donors (Lipinski definition) is 2. The Morgan fingerprint density at radius 3 is 2.23 bits per heavy atom. The van der Waals surface area contributed by atoms with Gasteiger partial charge >= 0.3 is 0 Å². The maximum Gasteiger partial charge on any atom is 0.255 e. The van der Waals surface area contributed by atoms with E-state index in [0.29, 0.717) is 22.5 Å². The first kappa shape index (κ1) is 19.6. The molecule has 2 heterocycles. The molecule has 3 aromatic rings. The van der Waals surface area contributed by atoms with E-state index in [1.807, 2.05) is 12.1 Å². The largest absolute Gasteiger partial charge is 0.357 e. The highest BCUT2D eigenvalue weighted by atomic mass is 19.1. The van der Waals surface area contributed by atoms with Crippen LogP contribution in [0, 0.1) is 5.82 Å². The van der Waals surface area contributed by atoms with E-state index in [9.17, 15) is 14.0 Å². The van der Waals surface area contributed by atoms with Crippen molar-refractivity contribution in [2.24, 2.45) is 0 Å². The lowest BCUT2D eigenvalue weighted by molar-refractivity contribution is 0.101. The number of halogens is 1. The molecule has 6 nitrogen and oxygen atoms in total. The van der Waals surface area contributed by atoms with Gasteiger partial charge in [0.05, 0.1) is 11.9 Å². The third kappa shape index (κ3) is 4.63. The van der Waals surface area contributed by atoms with E-state index in [1.165, 1.54) is 37.1 Å². The number of carbonyl (C=O) groups excluding carboxylic acids is 2. The van der Waals surface area contributed by atoms with Gasteiger partial charge in [0, 0.05) is 29.9 Å². The molecule has 0 atom stereocenters. The van der Waals surface area contributed by atoms with Gasteiger partial charge in [0.1, 0.15) is 11.6 Å². The number of carbonyl (C=O) groups is 2. The van der Waals surface area contributed by atoms with Crippen LogP contribution in [0.3, 0.4) is 0 Å². The van der Waals surface area contributed by atoms with Crippen molar-refractivity contribution < 1.29 is 14.0 Å². The Bertz CT molecular complexity index is 1050. The molecule has 1 saturated heterocycles. The fourth-order valence-corrected chi connectivity index (χ4v) is 3.34. The number of anilines is 3. The van der Waals surface area contributed by atoms with Crippen LogP contribution in [0.2, 0.25) is 0 Å². The molecule has 1 aliphatic heterocycles. The van der Waals surface area contributed by atoms with Crippen LogP contribution in [-0.4, -0.2) is 29.9 Å². The van der Waals surface area contributed by atoms with Crippen LogP contribution in [-0.2, 0) is 0 Å². The number of amides is 2. The highest BCUT2D eigenvalue weighted by Gasteiger charge is 2.14. The van der Waals surface area contributed by atoms with Gasteiger partial charge in [0.2, 0.25) is 0 Å². The minimum atomic E-state index is -0.409. The highest BCUT2D eigenvalue weighted by Crippen LogP contribution is 2.20. The highest BCUT2D eigenvalue weighted by molar-refractivity contribution is 6.07. The van der Waals surface area contributed by atoms with Crippen molar-refractivity contribution in [2.45, 2.75) is 12.8 Å². The number of nitrogens with one attached hydrogen (secondary N) is 2. The van der Waals surface area contributed by atoms with E-state index < -0.39 is 5.82 Å². The van der Waals surface area contributed by atoms with Gasteiger partial charge in [-0.2, -0.15) is 0 Å². The molecule has 7 heteroatoms. The summed E-state index contributed by atoms with van der Waals surface area (Å²) in [6, 6.07) is 15.6. The van der Waals surface area contributed by atoms with Crippen LogP contribution in [0.25, 0.3) is 0 Å². The molecule has 2 aromatic carbocycles. The van der Waals surface area contributed by atoms with Crippen molar-refractivity contribution in [1.29, 1.82) is 0 Å². The van der Waals surface area contributed by atoms with Crippen molar-refractivity contribution in [1.82, 2.24) is 4.98 Å². The first-order chi connectivity index (χ1) is 14.6. The van der Waals surface area contributed by atoms with E-state index in [4.69, 9.17) is 0 Å². The Kier molecular flexibility index (Phi) is 5.70. The Hall–Kier alpha value is -3.74. The van der Waals surface area contributed by atoms with Gasteiger partial charge in [0.15, 0.2) is 0 Å². The minimum Gasteiger partial charge on any atom is -0.357 e. The first-order valence-corrected chi connectivity index (χ1v) is 9.78. The lowest BCUT2D eigenvalue weighted by atomic mass is 10.1. The summed E-state index contributed by atoms with van der Waals surface area (Å²) in [6.45, 7) is 2.02. The number of aromatic nitrogens is 1. The first-order valence-electron chi connectivity index (χ1n) is 9.78. The Morgan fingerprint density at radius 2 is 1.53 bits per heavy atom. The quantitative estimate of drug-likeness (QED) is 0.664. The monoisotopic (exact) mass is 404 g/mol. The van der Waals surface area contributed by atoms with E-state index >= 15 is 0 Å². The van der Waals surface area contributed by atoms with E-state index in [2.05, 4.69) is 20.5 Å². The fraction of sp³-hybridized carbons (Fsp3) is 0.174. The predicted octanol–water partition coefficient (Wildman–Crippen LogP) is 4.33. The zero-order valence-electron chi connectivity index (χ0n) is 16.3. The summed E-state index contributed by atoms with van der Waals surface area (Å²) >= 11 is 0. The van der Waals surface area contributed by atoms with Gasteiger partial charge in [-0.1, -0.05) is 6.07 Å². The second-order valence-electron chi connectivity index (χ2n) is 7.10. The molecule has 2 N–H and O–H groups in total. The number of pyridine rings is 1. The molecule has 0 spiro atoms. The molecule has 0 aliphatic carbocycles. The van der Waals surface area contributed by atoms with Crippen molar-refractivity contribution in [3.63, 3.8) is 0 Å². The summed E-state index contributed by atoms with van der Waals surface area (Å²) in [5, 5.41) is 5.54. The van der Waals surface area contributed by atoms with Crippen LogP contribution < -0.4 is 15.5 Å². The topological polar surface area (TPSA) is 74.3 Å². The summed E-state index contributed by atoms with van der Waals surface area (Å²) < 4.78 is 13.0. The van der Waals surface area contributed by atoms with Crippen molar-refractivity contribution in [3.05, 3.63) is 83.8 Å². The average Bonchev–Trinajstić information content (AvgIpc) is 3.30. The third-order valence-electron chi connectivity index (χ3n) is 4.92. The minimum absolute atomic E-state index is 0.302. The summed E-state index contributed by atoms with van der Waals surface area (Å²) in [5.41, 5.74) is 1.80. The molecule has 0 unspecified atom stereocenters. The van der Waals surface area contributed by atoms with Crippen LogP contribution in [0.15, 0.2) is 66.9 Å². The van der Waals surface area contributed by atoms with E-state index in [0.717, 1.165) is 18.9 Å². The molecule has 1 aliphatic rings. The second-order valence-corrected chi connectivity index (χ2v) is 7.10. The lowest BCUT2D eigenvalue weighted by Crippen LogP contribution is -2.19. The molecular weight excluding hydrogens is 383 g/mol. The van der Waals surface area contributed by atoms with Crippen LogP contribution in [0.5, 0.6) is 0 Å². The summed E-state index contributed by atoms with van der Waals surface area (Å²) in [6.07, 6.45) is 3.99. The van der Waals surface area contributed by atoms with Crippen molar-refractivity contribution in [2.75, 3.05) is 28.6 Å². The molecular formula is C23H21FN4O2. The maximum absolute atomic E-state index is 13.0. The lowest BCUT2D eigenvalue weighted by Gasteiger charge is -2.16. The summed E-state index contributed by atoms with van der Waals surface area (Å²) in [4.78, 5) is 31.5. The Balaban J connectivity index is 1.40. The number of benzene rings is 2. The zero-order valence-corrected chi connectivity index (χ0v) is 16.3. The number of hydrogen-bond acceptors (Lipinski definition) is 4. The molecule has 0 radical (unpaired) electrons. The van der Waals surface area contributed by atoms with Crippen molar-refractivity contribution in [3.8, 4) is 0 Å². The van der Waals surface area contributed by atoms with Crippen molar-refractivity contribution >= 4 is 29.0 Å². The zero-order chi connectivity index (χ0) is 20.9. The fourth-order valence-electron chi connectivity index (χ4n) is 3.34. The Morgan fingerprint density at radius 1 is 0.833 bits per heavy atom. The number of rotatable bonds is 5. The molecule has 0 bridgehead atoms. The maximum atomic E-state index is 13.0. The van der Waals surface area contributed by atoms with Crippen LogP contribution >= 0.6 is 0 Å². The molecule has 1 aromatic heterocycles. The van der Waals surface area contributed by atoms with E-state index in [1.54, 1.807) is 30.5 Å². The van der Waals surface area contributed by atoms with Crippen LogP contribution in [0.1, 0.15) is 33.6 Å². The average molecular weight is 404 g/mol. The van der Waals surface area contributed by atoms with Gasteiger partial charge < -0.3 is 15.5 Å². The predicted molar refractivity (Wildman–Crippen MR) is 114 cm³/mol. The van der Waals surface area contributed by atoms with Gasteiger partial charge in [0.25, 0.3) is 11.8 Å². The smallest absolute Gasteiger partial charge is 0.255 e. The van der Waals surface area contributed by atoms with Gasteiger partial charge in [-0.05, 0) is 67.4 Å². The standard InChI is InChI=1S/C23H21FN4O2/c24-18-8-6-16(7-9-18)22(29)26-19-5-3-4-17(14-19)23(30)27-20-10-11-21(25-15-20)28-12-1-2-13-28/h3-11,14-15H,1-2,12-13H2,(H,26,29)(H,27,30). The molecule has 0 saturated carbocycles. The molecule has 152 valence electrons. The third-order valence-corrected chi connectivity index (χ3v) is 4.92. The normalized spacial score (nSPS) is 13.2. The van der Waals surface area contributed by atoms with E-state index in [-0.39, 0.29) is 11.8 Å². The SMILES string of the molecule is O=C(Nc1cccc(C(=O)Nc2ccc(N3CCCC3)nc2)c1)c1ccc(F)cc1.